The van der Waals surface area contributed by atoms with Gasteiger partial charge in [0.1, 0.15) is 0 Å². The third kappa shape index (κ3) is 2.49. The zero-order valence-corrected chi connectivity index (χ0v) is 8.60. The van der Waals surface area contributed by atoms with Gasteiger partial charge in [-0.15, -0.1) is 0 Å². The van der Waals surface area contributed by atoms with Crippen LogP contribution < -0.4 is 11.1 Å². The first-order chi connectivity index (χ1) is 6.15. The predicted octanol–water partition coefficient (Wildman–Crippen LogP) is 1.91. The highest BCUT2D eigenvalue weighted by molar-refractivity contribution is 6.30. The number of hydrogen-bond acceptors (Lipinski definition) is 2. The van der Waals surface area contributed by atoms with E-state index in [0.717, 1.165) is 12.1 Å². The van der Waals surface area contributed by atoms with Gasteiger partial charge in [0.25, 0.3) is 0 Å². The summed E-state index contributed by atoms with van der Waals surface area (Å²) >= 11 is 5.97. The molecule has 0 spiro atoms. The topological polar surface area (TPSA) is 50.4 Å². The highest BCUT2D eigenvalue weighted by Gasteiger charge is 2.16. The second-order valence-electron chi connectivity index (χ2n) is 2.98. The van der Waals surface area contributed by atoms with Crippen molar-refractivity contribution in [3.8, 4) is 0 Å². The second-order valence-corrected chi connectivity index (χ2v) is 3.33. The lowest BCUT2D eigenvalue weighted by atomic mass is 10.1. The number of rotatable bonds is 2. The van der Waals surface area contributed by atoms with Crippen LogP contribution in [0.25, 0.3) is 0 Å². The Hall–Kier alpha value is -0.960. The zero-order valence-electron chi connectivity index (χ0n) is 7.84. The maximum atomic E-state index is 5.97. The molecule has 0 aromatic carbocycles. The van der Waals surface area contributed by atoms with Gasteiger partial charge in [-0.1, -0.05) is 24.6 Å². The molecular weight excluding hydrogens is 186 g/mol. The molecule has 0 saturated carbocycles. The normalized spacial score (nSPS) is 26.1. The van der Waals surface area contributed by atoms with E-state index in [0.29, 0.717) is 16.9 Å². The minimum absolute atomic E-state index is 0.343. The SMILES string of the molecule is CCC1C=CN/C1=C(\Cl)N=C(C)N. The molecule has 1 heterocycles. The molecule has 0 radical (unpaired) electrons. The largest absolute Gasteiger partial charge is 0.387 e. The molecule has 3 nitrogen and oxygen atoms in total. The Morgan fingerprint density at radius 2 is 2.46 bits per heavy atom. The molecule has 0 aromatic rings. The van der Waals surface area contributed by atoms with Gasteiger partial charge >= 0.3 is 0 Å². The van der Waals surface area contributed by atoms with E-state index in [1.54, 1.807) is 6.92 Å². The summed E-state index contributed by atoms with van der Waals surface area (Å²) in [4.78, 5) is 3.99. The number of amidine groups is 1. The molecule has 1 rings (SSSR count). The summed E-state index contributed by atoms with van der Waals surface area (Å²) in [6, 6.07) is 0. The Morgan fingerprint density at radius 3 is 3.00 bits per heavy atom. The highest BCUT2D eigenvalue weighted by atomic mass is 35.5. The van der Waals surface area contributed by atoms with Gasteiger partial charge in [0.2, 0.25) is 0 Å². The fourth-order valence-electron chi connectivity index (χ4n) is 1.23. The summed E-state index contributed by atoms with van der Waals surface area (Å²) in [5, 5.41) is 3.52. The predicted molar refractivity (Wildman–Crippen MR) is 56.2 cm³/mol. The lowest BCUT2D eigenvalue weighted by Crippen LogP contribution is -2.10. The Labute approximate surface area is 83.4 Å². The van der Waals surface area contributed by atoms with E-state index in [-0.39, 0.29) is 0 Å². The Bertz CT molecular complexity index is 275. The van der Waals surface area contributed by atoms with Crippen LogP contribution in [0.15, 0.2) is 28.1 Å². The van der Waals surface area contributed by atoms with Crippen molar-refractivity contribution < 1.29 is 0 Å². The quantitative estimate of drug-likeness (QED) is 0.406. The van der Waals surface area contributed by atoms with Gasteiger partial charge in [-0.2, -0.15) is 0 Å². The van der Waals surface area contributed by atoms with Gasteiger partial charge in [0.05, 0.1) is 11.5 Å². The second kappa shape index (κ2) is 4.33. The molecule has 0 aliphatic carbocycles. The number of hydrogen-bond donors (Lipinski definition) is 2. The Morgan fingerprint density at radius 1 is 1.77 bits per heavy atom. The average molecular weight is 200 g/mol. The zero-order chi connectivity index (χ0) is 9.84. The summed E-state index contributed by atoms with van der Waals surface area (Å²) in [5.41, 5.74) is 6.37. The van der Waals surface area contributed by atoms with E-state index in [2.05, 4.69) is 23.3 Å². The van der Waals surface area contributed by atoms with E-state index >= 15 is 0 Å². The summed E-state index contributed by atoms with van der Waals surface area (Å²) < 4.78 is 0. The third-order valence-corrected chi connectivity index (χ3v) is 2.16. The van der Waals surface area contributed by atoms with E-state index in [1.807, 2.05) is 6.20 Å². The molecule has 0 bridgehead atoms. The summed E-state index contributed by atoms with van der Waals surface area (Å²) in [6.45, 7) is 3.82. The summed E-state index contributed by atoms with van der Waals surface area (Å²) in [6.07, 6.45) is 4.96. The van der Waals surface area contributed by atoms with Crippen molar-refractivity contribution in [1.82, 2.24) is 5.32 Å². The first kappa shape index (κ1) is 10.1. The van der Waals surface area contributed by atoms with Gasteiger partial charge in [-0.3, -0.25) is 0 Å². The first-order valence-electron chi connectivity index (χ1n) is 4.28. The van der Waals surface area contributed by atoms with Crippen LogP contribution in [-0.2, 0) is 0 Å². The van der Waals surface area contributed by atoms with Crippen LogP contribution in [0.1, 0.15) is 20.3 Å². The molecule has 0 saturated heterocycles. The molecule has 0 amide bonds. The number of nitrogens with one attached hydrogen (secondary N) is 1. The van der Waals surface area contributed by atoms with Crippen molar-refractivity contribution in [1.29, 1.82) is 0 Å². The van der Waals surface area contributed by atoms with Crippen molar-refractivity contribution >= 4 is 17.4 Å². The molecule has 4 heteroatoms. The number of nitrogens with zero attached hydrogens (tertiary/aromatic N) is 1. The van der Waals surface area contributed by atoms with E-state index in [1.165, 1.54) is 0 Å². The van der Waals surface area contributed by atoms with Crippen LogP contribution in [0.2, 0.25) is 0 Å². The molecule has 0 aromatic heterocycles. The van der Waals surface area contributed by atoms with E-state index in [9.17, 15) is 0 Å². The fourth-order valence-corrected chi connectivity index (χ4v) is 1.55. The van der Waals surface area contributed by atoms with Crippen molar-refractivity contribution in [2.45, 2.75) is 20.3 Å². The molecular formula is C9H14ClN3. The summed E-state index contributed by atoms with van der Waals surface area (Å²) in [7, 11) is 0. The van der Waals surface area contributed by atoms with Crippen LogP contribution >= 0.6 is 11.6 Å². The van der Waals surface area contributed by atoms with E-state index in [4.69, 9.17) is 17.3 Å². The maximum absolute atomic E-state index is 5.97. The molecule has 1 atom stereocenters. The van der Waals surface area contributed by atoms with Gasteiger partial charge in [0.15, 0.2) is 5.16 Å². The molecule has 72 valence electrons. The Kier molecular flexibility index (Phi) is 3.37. The average Bonchev–Trinajstić information content (AvgIpc) is 2.49. The van der Waals surface area contributed by atoms with Gasteiger partial charge in [-0.05, 0) is 19.5 Å². The number of aliphatic imine (C=N–C) groups is 1. The first-order valence-corrected chi connectivity index (χ1v) is 4.66. The Balaban J connectivity index is 2.86. The third-order valence-electron chi connectivity index (χ3n) is 1.87. The van der Waals surface area contributed by atoms with Gasteiger partial charge in [0, 0.05) is 5.92 Å². The minimum atomic E-state index is 0.343. The smallest absolute Gasteiger partial charge is 0.150 e. The lowest BCUT2D eigenvalue weighted by molar-refractivity contribution is 0.716. The number of allylic oxidation sites excluding steroid dienone is 1. The van der Waals surface area contributed by atoms with Crippen LogP contribution in [-0.4, -0.2) is 5.84 Å². The van der Waals surface area contributed by atoms with Crippen LogP contribution in [0, 0.1) is 5.92 Å². The van der Waals surface area contributed by atoms with Crippen LogP contribution in [0.3, 0.4) is 0 Å². The van der Waals surface area contributed by atoms with Crippen molar-refractivity contribution in [2.75, 3.05) is 0 Å². The van der Waals surface area contributed by atoms with Gasteiger partial charge in [-0.25, -0.2) is 4.99 Å². The standard InChI is InChI=1S/C9H14ClN3/c1-3-7-4-5-12-8(7)9(10)13-6(2)11/h4-5,7,12H,3H2,1-2H3,(H2,11,13)/b9-8+. The summed E-state index contributed by atoms with van der Waals surface area (Å²) in [5.74, 6) is 0.816. The molecule has 1 aliphatic rings. The molecule has 1 unspecified atom stereocenters. The molecule has 1 aliphatic heterocycles. The fraction of sp³-hybridized carbons (Fsp3) is 0.444. The van der Waals surface area contributed by atoms with Gasteiger partial charge < -0.3 is 11.1 Å². The maximum Gasteiger partial charge on any atom is 0.150 e. The molecule has 0 fully saturated rings. The molecule has 3 N–H and O–H groups in total. The highest BCUT2D eigenvalue weighted by Crippen LogP contribution is 2.24. The van der Waals surface area contributed by atoms with E-state index < -0.39 is 0 Å². The monoisotopic (exact) mass is 199 g/mol. The van der Waals surface area contributed by atoms with Crippen molar-refractivity contribution in [3.05, 3.63) is 23.1 Å². The number of halogens is 1. The molecule has 13 heavy (non-hydrogen) atoms. The van der Waals surface area contributed by atoms with Crippen LogP contribution in [0.5, 0.6) is 0 Å². The van der Waals surface area contributed by atoms with Crippen molar-refractivity contribution in [3.63, 3.8) is 0 Å². The van der Waals surface area contributed by atoms with Crippen molar-refractivity contribution in [2.24, 2.45) is 16.6 Å². The lowest BCUT2D eigenvalue weighted by Gasteiger charge is -2.08. The van der Waals surface area contributed by atoms with Crippen LogP contribution in [0.4, 0.5) is 0 Å². The minimum Gasteiger partial charge on any atom is -0.387 e. The number of nitrogens with two attached hydrogens (primary N) is 1.